The molecule has 3 aromatic rings. The third kappa shape index (κ3) is 4.27. The van der Waals surface area contributed by atoms with Crippen LogP contribution < -0.4 is 23.0 Å². The van der Waals surface area contributed by atoms with Crippen molar-refractivity contribution in [2.24, 2.45) is 0 Å². The number of aryl methyl sites for hydroxylation is 2. The van der Waals surface area contributed by atoms with Crippen LogP contribution in [0.3, 0.4) is 0 Å². The molecule has 1 aromatic carbocycles. The van der Waals surface area contributed by atoms with Crippen molar-refractivity contribution < 1.29 is 33.3 Å². The maximum atomic E-state index is 9.33. The van der Waals surface area contributed by atoms with Gasteiger partial charge in [-0.05, 0) is 24.6 Å². The molecule has 0 saturated carbocycles. The summed E-state index contributed by atoms with van der Waals surface area (Å²) in [6, 6.07) is 14.7. The molecule has 124 valence electrons. The van der Waals surface area contributed by atoms with Gasteiger partial charge in [0.05, 0.1) is 5.38 Å². The molecular weight excluding hydrogens is 352 g/mol. The Labute approximate surface area is 144 Å². The fourth-order valence-electron chi connectivity index (χ4n) is 2.41. The first-order chi connectivity index (χ1) is 11.2. The normalized spacial score (nSPS) is 10.9. The second-order valence-corrected chi connectivity index (χ2v) is 6.58. The number of thiazole rings is 1. The van der Waals surface area contributed by atoms with Crippen molar-refractivity contribution in [2.45, 2.75) is 13.8 Å². The van der Waals surface area contributed by atoms with Gasteiger partial charge in [0.25, 0.3) is 4.83 Å². The minimum absolute atomic E-state index is 0.776. The van der Waals surface area contributed by atoms with Gasteiger partial charge in [-0.3, -0.25) is 0 Å². The van der Waals surface area contributed by atoms with E-state index in [1.165, 1.54) is 5.56 Å². The quantitative estimate of drug-likeness (QED) is 0.507. The van der Waals surface area contributed by atoms with E-state index in [9.17, 15) is 5.26 Å². The van der Waals surface area contributed by atoms with E-state index in [1.54, 1.807) is 11.3 Å². The number of fused-ring (bicyclic) bond motifs is 1. The van der Waals surface area contributed by atoms with Gasteiger partial charge in [0.2, 0.25) is 5.69 Å². The summed E-state index contributed by atoms with van der Waals surface area (Å²) in [4.78, 5) is 1.03. The number of halogens is 1. The van der Waals surface area contributed by atoms with Gasteiger partial charge in [0.15, 0.2) is 5.69 Å². The van der Waals surface area contributed by atoms with Crippen LogP contribution in [0.15, 0.2) is 41.8 Å². The lowest BCUT2D eigenvalue weighted by molar-refractivity contribution is -2.00. The molecule has 6 nitrogen and oxygen atoms in total. The lowest BCUT2D eigenvalue weighted by Crippen LogP contribution is -2.68. The van der Waals surface area contributed by atoms with Crippen LogP contribution in [0.4, 0.5) is 0 Å². The van der Waals surface area contributed by atoms with E-state index in [0.29, 0.717) is 0 Å². The van der Waals surface area contributed by atoms with Crippen molar-refractivity contribution in [3.8, 4) is 17.3 Å². The molecule has 0 aliphatic rings. The molecule has 0 amide bonds. The minimum Gasteiger partial charge on any atom is -0.222 e. The molecule has 8 heteroatoms. The molecule has 0 N–H and O–H groups in total. The number of nitrogens with zero attached hydrogens (tertiary/aromatic N) is 2. The summed E-state index contributed by atoms with van der Waals surface area (Å²) in [6.07, 6.45) is 0. The SMILES string of the molecule is Cc1cc(C)[n+]2c(-c3ccccc3)csc2c1C#N.[O-][Cl+3]([O-])([O-])[O-]. The number of benzene rings is 1. The van der Waals surface area contributed by atoms with Gasteiger partial charge in [0.1, 0.15) is 11.6 Å². The van der Waals surface area contributed by atoms with Gasteiger partial charge in [0, 0.05) is 18.6 Å². The lowest BCUT2D eigenvalue weighted by Gasteiger charge is -2.17. The highest BCUT2D eigenvalue weighted by Gasteiger charge is 2.22. The van der Waals surface area contributed by atoms with Crippen LogP contribution in [0.5, 0.6) is 0 Å². The van der Waals surface area contributed by atoms with E-state index in [1.807, 2.05) is 25.1 Å². The zero-order chi connectivity index (χ0) is 17.9. The molecule has 24 heavy (non-hydrogen) atoms. The highest BCUT2D eigenvalue weighted by molar-refractivity contribution is 7.15. The van der Waals surface area contributed by atoms with Crippen LogP contribution in [-0.4, -0.2) is 0 Å². The molecule has 0 fully saturated rings. The van der Waals surface area contributed by atoms with Gasteiger partial charge >= 0.3 is 0 Å². The van der Waals surface area contributed by atoms with Crippen molar-refractivity contribution in [2.75, 3.05) is 0 Å². The Balaban J connectivity index is 0.000000368. The fourth-order valence-corrected chi connectivity index (χ4v) is 3.55. The smallest absolute Gasteiger partial charge is 0.222 e. The van der Waals surface area contributed by atoms with E-state index in [-0.39, 0.29) is 0 Å². The molecule has 2 heterocycles. The van der Waals surface area contributed by atoms with Crippen molar-refractivity contribution in [1.29, 1.82) is 5.26 Å². The number of hydrogen-bond acceptors (Lipinski definition) is 6. The maximum absolute atomic E-state index is 9.33. The second kappa shape index (κ2) is 7.23. The first-order valence-corrected chi connectivity index (χ1v) is 8.84. The Kier molecular flexibility index (Phi) is 5.51. The van der Waals surface area contributed by atoms with Gasteiger partial charge in [-0.25, -0.2) is 18.6 Å². The average Bonchev–Trinajstić information content (AvgIpc) is 2.92. The first-order valence-electron chi connectivity index (χ1n) is 6.73. The van der Waals surface area contributed by atoms with Crippen LogP contribution >= 0.6 is 11.3 Å². The fraction of sp³-hybridized carbons (Fsp3) is 0.125. The molecule has 0 unspecified atom stereocenters. The molecular formula is C16H13ClN2O4S. The van der Waals surface area contributed by atoms with Crippen molar-refractivity contribution in [1.82, 2.24) is 0 Å². The molecule has 0 saturated heterocycles. The highest BCUT2D eigenvalue weighted by atomic mass is 35.7. The van der Waals surface area contributed by atoms with E-state index < -0.39 is 10.2 Å². The molecule has 0 spiro atoms. The zero-order valence-corrected chi connectivity index (χ0v) is 14.4. The number of hydrogen-bond donors (Lipinski definition) is 0. The zero-order valence-electron chi connectivity index (χ0n) is 12.9. The van der Waals surface area contributed by atoms with E-state index in [0.717, 1.165) is 27.3 Å². The lowest BCUT2D eigenvalue weighted by atomic mass is 10.1. The van der Waals surface area contributed by atoms with Crippen LogP contribution in [0.25, 0.3) is 16.1 Å². The van der Waals surface area contributed by atoms with Crippen LogP contribution in [0.1, 0.15) is 16.8 Å². The monoisotopic (exact) mass is 364 g/mol. The topological polar surface area (TPSA) is 120 Å². The third-order valence-electron chi connectivity index (χ3n) is 3.29. The van der Waals surface area contributed by atoms with Gasteiger partial charge in [-0.1, -0.05) is 29.5 Å². The van der Waals surface area contributed by atoms with Gasteiger partial charge in [-0.15, -0.1) is 14.6 Å². The number of rotatable bonds is 1. The van der Waals surface area contributed by atoms with Crippen LogP contribution in [-0.2, 0) is 0 Å². The first kappa shape index (κ1) is 18.3. The third-order valence-corrected chi connectivity index (χ3v) is 4.24. The largest absolute Gasteiger partial charge is 0.286 e. The van der Waals surface area contributed by atoms with Crippen LogP contribution in [0.2, 0.25) is 0 Å². The predicted octanol–water partition coefficient (Wildman–Crippen LogP) is -1.11. The Hall–Kier alpha value is -2.05. The summed E-state index contributed by atoms with van der Waals surface area (Å²) in [5.41, 5.74) is 5.30. The van der Waals surface area contributed by atoms with Crippen molar-refractivity contribution >= 4 is 16.2 Å². The Morgan fingerprint density at radius 3 is 2.21 bits per heavy atom. The number of nitriles is 1. The van der Waals surface area contributed by atoms with Crippen LogP contribution in [0, 0.1) is 35.4 Å². The number of pyridine rings is 1. The molecule has 3 rings (SSSR count). The molecule has 0 aliphatic heterocycles. The molecule has 0 atom stereocenters. The van der Waals surface area contributed by atoms with Crippen molar-refractivity contribution in [3.05, 3.63) is 58.6 Å². The minimum atomic E-state index is -4.94. The maximum Gasteiger partial charge on any atom is 0.286 e. The molecule has 0 radical (unpaired) electrons. The summed E-state index contributed by atoms with van der Waals surface area (Å²) in [5.74, 6) is 0. The van der Waals surface area contributed by atoms with E-state index in [2.05, 4.69) is 41.0 Å². The molecule has 0 bridgehead atoms. The van der Waals surface area contributed by atoms with E-state index in [4.69, 9.17) is 18.6 Å². The second-order valence-electron chi connectivity index (χ2n) is 4.96. The molecule has 0 aliphatic carbocycles. The van der Waals surface area contributed by atoms with Gasteiger partial charge < -0.3 is 0 Å². The summed E-state index contributed by atoms with van der Waals surface area (Å²) < 4.78 is 36.1. The molecule has 2 aromatic heterocycles. The van der Waals surface area contributed by atoms with E-state index >= 15 is 0 Å². The summed E-state index contributed by atoms with van der Waals surface area (Å²) in [5, 5.41) is 11.5. The van der Waals surface area contributed by atoms with Crippen molar-refractivity contribution in [3.63, 3.8) is 0 Å². The number of aromatic nitrogens is 1. The predicted molar refractivity (Wildman–Crippen MR) is 77.1 cm³/mol. The van der Waals surface area contributed by atoms with Gasteiger partial charge in [-0.2, -0.15) is 5.26 Å². The Morgan fingerprint density at radius 1 is 1.08 bits per heavy atom. The highest BCUT2D eigenvalue weighted by Crippen LogP contribution is 2.25. The summed E-state index contributed by atoms with van der Waals surface area (Å²) in [6.45, 7) is 4.08. The summed E-state index contributed by atoms with van der Waals surface area (Å²) in [7, 11) is -4.94. The average molecular weight is 365 g/mol. The summed E-state index contributed by atoms with van der Waals surface area (Å²) >= 11 is 1.63. The Bertz CT molecular complexity index is 892. The standard InChI is InChI=1S/C16H13N2S.ClHO4/c1-11-8-12(2)18-15(13-6-4-3-5-7-13)10-19-16(18)14(11)9-17;2-1(3,4)5/h3-8,10H,1-2H3;(H,2,3,4,5)/q+1;/p-1. The Morgan fingerprint density at radius 2 is 1.67 bits per heavy atom.